The van der Waals surface area contributed by atoms with Crippen molar-refractivity contribution in [2.24, 2.45) is 0 Å². The molecule has 2 aromatic rings. The molecule has 1 aromatic heterocycles. The summed E-state index contributed by atoms with van der Waals surface area (Å²) in [5, 5.41) is 4.92. The van der Waals surface area contributed by atoms with Crippen molar-refractivity contribution in [3.63, 3.8) is 0 Å². The van der Waals surface area contributed by atoms with Crippen LogP contribution in [-0.4, -0.2) is 41.0 Å². The van der Waals surface area contributed by atoms with Crippen LogP contribution in [0.2, 0.25) is 0 Å². The average Bonchev–Trinajstić information content (AvgIpc) is 3.34. The van der Waals surface area contributed by atoms with Gasteiger partial charge in [-0.15, -0.1) is 11.3 Å². The Kier molecular flexibility index (Phi) is 4.55. The van der Waals surface area contributed by atoms with Crippen LogP contribution in [0.4, 0.5) is 4.79 Å². The van der Waals surface area contributed by atoms with Crippen molar-refractivity contribution in [3.8, 4) is 0 Å². The summed E-state index contributed by atoms with van der Waals surface area (Å²) in [5.41, 5.74) is 1.06. The predicted octanol–water partition coefficient (Wildman–Crippen LogP) is 3.01. The minimum Gasteiger partial charge on any atom is -0.325 e. The second kappa shape index (κ2) is 6.98. The zero-order chi connectivity index (χ0) is 17.2. The molecule has 2 aliphatic heterocycles. The molecule has 2 fully saturated rings. The van der Waals surface area contributed by atoms with Gasteiger partial charge < -0.3 is 5.32 Å². The highest BCUT2D eigenvalue weighted by atomic mass is 32.1. The standard InChI is InChI=1S/C19H21N3O2S/c23-18-15(12-14-6-2-1-3-7-14)20-19(24)22(18)13-21-10-4-8-16(21)17-9-5-11-25-17/h1-3,5-7,9,11,15-16H,4,8,10,12-13H2,(H,20,24)/t15-,16-/m1/s1. The number of carbonyl (C=O) groups is 2. The molecule has 0 unspecified atom stereocenters. The molecule has 0 spiro atoms. The highest BCUT2D eigenvalue weighted by Gasteiger charge is 2.40. The van der Waals surface area contributed by atoms with Gasteiger partial charge in [0.2, 0.25) is 0 Å². The van der Waals surface area contributed by atoms with Crippen molar-refractivity contribution in [2.75, 3.05) is 13.2 Å². The number of hydrogen-bond donors (Lipinski definition) is 1. The normalized spacial score (nSPS) is 24.1. The molecule has 2 atom stereocenters. The Balaban J connectivity index is 1.44. The molecule has 1 N–H and O–H groups in total. The van der Waals surface area contributed by atoms with Crippen molar-refractivity contribution in [3.05, 3.63) is 58.3 Å². The van der Waals surface area contributed by atoms with Gasteiger partial charge in [-0.3, -0.25) is 9.69 Å². The fourth-order valence-electron chi connectivity index (χ4n) is 3.68. The highest BCUT2D eigenvalue weighted by molar-refractivity contribution is 7.10. The van der Waals surface area contributed by atoms with Gasteiger partial charge in [0.25, 0.3) is 5.91 Å². The van der Waals surface area contributed by atoms with E-state index in [-0.39, 0.29) is 11.9 Å². The van der Waals surface area contributed by atoms with E-state index in [1.54, 1.807) is 11.3 Å². The quantitative estimate of drug-likeness (QED) is 0.839. The van der Waals surface area contributed by atoms with Crippen LogP contribution in [0.3, 0.4) is 0 Å². The molecule has 0 radical (unpaired) electrons. The number of urea groups is 1. The van der Waals surface area contributed by atoms with Crippen molar-refractivity contribution in [1.29, 1.82) is 0 Å². The molecule has 4 rings (SSSR count). The molecule has 3 heterocycles. The van der Waals surface area contributed by atoms with E-state index in [1.807, 2.05) is 30.3 Å². The topological polar surface area (TPSA) is 52.7 Å². The maximum absolute atomic E-state index is 12.7. The Labute approximate surface area is 151 Å². The zero-order valence-electron chi connectivity index (χ0n) is 13.9. The van der Waals surface area contributed by atoms with Crippen LogP contribution in [-0.2, 0) is 11.2 Å². The van der Waals surface area contributed by atoms with Crippen LogP contribution in [0.25, 0.3) is 0 Å². The van der Waals surface area contributed by atoms with E-state index in [4.69, 9.17) is 0 Å². The molecule has 130 valence electrons. The number of nitrogens with one attached hydrogen (secondary N) is 1. The Bertz CT molecular complexity index is 747. The first-order chi connectivity index (χ1) is 12.2. The van der Waals surface area contributed by atoms with Gasteiger partial charge in [0.15, 0.2) is 0 Å². The van der Waals surface area contributed by atoms with Gasteiger partial charge in [0.05, 0.1) is 6.67 Å². The summed E-state index contributed by atoms with van der Waals surface area (Å²) in [6, 6.07) is 13.6. The molecule has 2 aliphatic rings. The van der Waals surface area contributed by atoms with Crippen LogP contribution in [0.1, 0.15) is 29.3 Å². The van der Waals surface area contributed by atoms with Crippen molar-refractivity contribution >= 4 is 23.3 Å². The van der Waals surface area contributed by atoms with Crippen molar-refractivity contribution < 1.29 is 9.59 Å². The van der Waals surface area contributed by atoms with Gasteiger partial charge in [-0.1, -0.05) is 36.4 Å². The lowest BCUT2D eigenvalue weighted by Gasteiger charge is -2.27. The smallest absolute Gasteiger partial charge is 0.325 e. The number of nitrogens with zero attached hydrogens (tertiary/aromatic N) is 2. The first-order valence-electron chi connectivity index (χ1n) is 8.65. The number of hydrogen-bond acceptors (Lipinski definition) is 4. The second-order valence-corrected chi connectivity index (χ2v) is 7.56. The monoisotopic (exact) mass is 355 g/mol. The molecule has 3 amide bonds. The predicted molar refractivity (Wildman–Crippen MR) is 97.2 cm³/mol. The van der Waals surface area contributed by atoms with Gasteiger partial charge in [-0.05, 0) is 29.9 Å². The molecule has 0 aliphatic carbocycles. The number of benzene rings is 1. The van der Waals surface area contributed by atoms with Gasteiger partial charge in [-0.25, -0.2) is 9.69 Å². The highest BCUT2D eigenvalue weighted by Crippen LogP contribution is 2.34. The summed E-state index contributed by atoms with van der Waals surface area (Å²) in [6.45, 7) is 1.29. The van der Waals surface area contributed by atoms with E-state index < -0.39 is 6.04 Å². The number of carbonyl (C=O) groups excluding carboxylic acids is 2. The van der Waals surface area contributed by atoms with E-state index in [1.165, 1.54) is 9.78 Å². The lowest BCUT2D eigenvalue weighted by atomic mass is 10.1. The lowest BCUT2D eigenvalue weighted by Crippen LogP contribution is -2.41. The minimum atomic E-state index is -0.460. The molecule has 2 saturated heterocycles. The summed E-state index contributed by atoms with van der Waals surface area (Å²) in [4.78, 5) is 30.0. The van der Waals surface area contributed by atoms with Crippen LogP contribution in [0, 0.1) is 0 Å². The molecule has 0 saturated carbocycles. The van der Waals surface area contributed by atoms with E-state index in [2.05, 4.69) is 27.7 Å². The Morgan fingerprint density at radius 1 is 1.12 bits per heavy atom. The Morgan fingerprint density at radius 2 is 1.96 bits per heavy atom. The molecule has 0 bridgehead atoms. The third-order valence-electron chi connectivity index (χ3n) is 4.95. The number of thiophene rings is 1. The number of rotatable bonds is 5. The molecular weight excluding hydrogens is 334 g/mol. The molecule has 25 heavy (non-hydrogen) atoms. The van der Waals surface area contributed by atoms with Crippen molar-refractivity contribution in [2.45, 2.75) is 31.3 Å². The van der Waals surface area contributed by atoms with Crippen LogP contribution >= 0.6 is 11.3 Å². The third kappa shape index (κ3) is 3.32. The van der Waals surface area contributed by atoms with E-state index in [0.29, 0.717) is 19.1 Å². The Morgan fingerprint density at radius 3 is 2.72 bits per heavy atom. The van der Waals surface area contributed by atoms with Gasteiger partial charge >= 0.3 is 6.03 Å². The van der Waals surface area contributed by atoms with Crippen LogP contribution < -0.4 is 5.32 Å². The first-order valence-corrected chi connectivity index (χ1v) is 9.53. The zero-order valence-corrected chi connectivity index (χ0v) is 14.7. The number of imide groups is 1. The summed E-state index contributed by atoms with van der Waals surface area (Å²) >= 11 is 1.74. The average molecular weight is 355 g/mol. The number of likely N-dealkylation sites (tertiary alicyclic amines) is 1. The van der Waals surface area contributed by atoms with Crippen LogP contribution in [0.5, 0.6) is 0 Å². The molecule has 6 heteroatoms. The largest absolute Gasteiger partial charge is 0.325 e. The van der Waals surface area contributed by atoms with Gasteiger partial charge in [-0.2, -0.15) is 0 Å². The van der Waals surface area contributed by atoms with E-state index in [9.17, 15) is 9.59 Å². The fraction of sp³-hybridized carbons (Fsp3) is 0.368. The van der Waals surface area contributed by atoms with Gasteiger partial charge in [0.1, 0.15) is 6.04 Å². The lowest BCUT2D eigenvalue weighted by molar-refractivity contribution is -0.129. The first kappa shape index (κ1) is 16.3. The summed E-state index contributed by atoms with van der Waals surface area (Å²) < 4.78 is 0. The maximum Gasteiger partial charge on any atom is 0.325 e. The molecule has 5 nitrogen and oxygen atoms in total. The van der Waals surface area contributed by atoms with Crippen LogP contribution in [0.15, 0.2) is 47.8 Å². The SMILES string of the molecule is O=C1N[C@H](Cc2ccccc2)C(=O)N1CN1CCC[C@@H]1c1cccs1. The third-order valence-corrected chi connectivity index (χ3v) is 5.92. The molecule has 1 aromatic carbocycles. The molecular formula is C19H21N3O2S. The number of amides is 3. The van der Waals surface area contributed by atoms with Gasteiger partial charge in [0, 0.05) is 23.9 Å². The maximum atomic E-state index is 12.7. The minimum absolute atomic E-state index is 0.120. The fourth-order valence-corrected chi connectivity index (χ4v) is 4.57. The van der Waals surface area contributed by atoms with E-state index >= 15 is 0 Å². The summed E-state index contributed by atoms with van der Waals surface area (Å²) in [5.74, 6) is -0.120. The summed E-state index contributed by atoms with van der Waals surface area (Å²) in [6.07, 6.45) is 2.72. The summed E-state index contributed by atoms with van der Waals surface area (Å²) in [7, 11) is 0. The Hall–Kier alpha value is -2.18. The van der Waals surface area contributed by atoms with Crippen molar-refractivity contribution in [1.82, 2.24) is 15.1 Å². The second-order valence-electron chi connectivity index (χ2n) is 6.59. The van der Waals surface area contributed by atoms with E-state index in [0.717, 1.165) is 24.9 Å².